The van der Waals surface area contributed by atoms with Crippen molar-refractivity contribution in [3.63, 3.8) is 0 Å². The molecule has 138 valence electrons. The van der Waals surface area contributed by atoms with Crippen LogP contribution in [0.1, 0.15) is 33.2 Å². The average Bonchev–Trinajstić information content (AvgIpc) is 3.08. The van der Waals surface area contributed by atoms with Gasteiger partial charge in [0.15, 0.2) is 0 Å². The summed E-state index contributed by atoms with van der Waals surface area (Å²) in [5, 5.41) is 2.73. The fourth-order valence-corrected chi connectivity index (χ4v) is 4.69. The molecule has 2 heterocycles. The van der Waals surface area contributed by atoms with Gasteiger partial charge in [-0.25, -0.2) is 4.98 Å². The van der Waals surface area contributed by atoms with E-state index in [0.29, 0.717) is 29.0 Å². The van der Waals surface area contributed by atoms with Gasteiger partial charge in [-0.05, 0) is 25.7 Å². The Kier molecular flexibility index (Phi) is 5.29. The first-order valence-corrected chi connectivity index (χ1v) is 9.91. The van der Waals surface area contributed by atoms with Crippen molar-refractivity contribution in [2.75, 3.05) is 18.2 Å². The Morgan fingerprint density at radius 1 is 1.36 bits per heavy atom. The number of thioether (sulfide) groups is 1. The first-order valence-electron chi connectivity index (χ1n) is 7.94. The maximum atomic E-state index is 12.7. The SMILES string of the molecule is Cc1sc(CC(F)(F)F)nc1C(=O)N1CSCC1C(=O)NCC1CC1. The smallest absolute Gasteiger partial charge is 0.354 e. The maximum absolute atomic E-state index is 12.7. The molecule has 10 heteroatoms. The fourth-order valence-electron chi connectivity index (χ4n) is 2.58. The molecule has 1 atom stereocenters. The Labute approximate surface area is 151 Å². The van der Waals surface area contributed by atoms with E-state index < -0.39 is 24.5 Å². The zero-order valence-electron chi connectivity index (χ0n) is 13.6. The molecule has 0 radical (unpaired) electrons. The number of aromatic nitrogens is 1. The van der Waals surface area contributed by atoms with Crippen molar-refractivity contribution in [3.05, 3.63) is 15.6 Å². The van der Waals surface area contributed by atoms with Gasteiger partial charge in [0.2, 0.25) is 5.91 Å². The van der Waals surface area contributed by atoms with Gasteiger partial charge < -0.3 is 10.2 Å². The molecule has 5 nitrogen and oxygen atoms in total. The Bertz CT molecular complexity index is 673. The van der Waals surface area contributed by atoms with Crippen LogP contribution in [0.5, 0.6) is 0 Å². The van der Waals surface area contributed by atoms with Gasteiger partial charge in [-0.2, -0.15) is 13.2 Å². The summed E-state index contributed by atoms with van der Waals surface area (Å²) in [7, 11) is 0. The summed E-state index contributed by atoms with van der Waals surface area (Å²) in [6.45, 7) is 2.20. The van der Waals surface area contributed by atoms with E-state index in [2.05, 4.69) is 10.3 Å². The minimum atomic E-state index is -4.36. The van der Waals surface area contributed by atoms with E-state index in [1.54, 1.807) is 6.92 Å². The van der Waals surface area contributed by atoms with Crippen LogP contribution in [-0.4, -0.2) is 52.1 Å². The number of halogens is 3. The third-order valence-electron chi connectivity index (χ3n) is 4.10. The van der Waals surface area contributed by atoms with Crippen molar-refractivity contribution in [3.8, 4) is 0 Å². The highest BCUT2D eigenvalue weighted by atomic mass is 32.2. The van der Waals surface area contributed by atoms with Gasteiger partial charge >= 0.3 is 6.18 Å². The van der Waals surface area contributed by atoms with Crippen LogP contribution < -0.4 is 5.32 Å². The zero-order valence-corrected chi connectivity index (χ0v) is 15.2. The summed E-state index contributed by atoms with van der Waals surface area (Å²) >= 11 is 2.33. The Balaban J connectivity index is 1.69. The third-order valence-corrected chi connectivity index (χ3v) is 6.09. The predicted molar refractivity (Wildman–Crippen MR) is 89.6 cm³/mol. The second kappa shape index (κ2) is 7.14. The van der Waals surface area contributed by atoms with E-state index >= 15 is 0 Å². The lowest BCUT2D eigenvalue weighted by Crippen LogP contribution is -2.47. The number of hydrogen-bond donors (Lipinski definition) is 1. The lowest BCUT2D eigenvalue weighted by atomic mass is 10.2. The maximum Gasteiger partial charge on any atom is 0.395 e. The van der Waals surface area contributed by atoms with Gasteiger partial charge in [-0.1, -0.05) is 0 Å². The summed E-state index contributed by atoms with van der Waals surface area (Å²) in [5.41, 5.74) is 0.0201. The van der Waals surface area contributed by atoms with Gasteiger partial charge in [0.1, 0.15) is 16.7 Å². The third kappa shape index (κ3) is 4.66. The Morgan fingerprint density at radius 2 is 2.08 bits per heavy atom. The second-order valence-corrected chi connectivity index (χ2v) is 8.57. The topological polar surface area (TPSA) is 62.3 Å². The highest BCUT2D eigenvalue weighted by Crippen LogP contribution is 2.30. The normalized spacial score (nSPS) is 20.8. The van der Waals surface area contributed by atoms with Gasteiger partial charge in [0, 0.05) is 17.2 Å². The molecule has 3 rings (SSSR count). The Hall–Kier alpha value is -1.29. The summed E-state index contributed by atoms with van der Waals surface area (Å²) in [5.74, 6) is 0.687. The second-order valence-electron chi connectivity index (χ2n) is 6.28. The standard InChI is InChI=1S/C15H18F3N3O2S2/c1-8-12(20-11(25-8)4-15(16,17)18)14(23)21-7-24-6-10(21)13(22)19-5-9-2-3-9/h9-10H,2-7H2,1H3,(H,19,22). The molecular formula is C15H18F3N3O2S2. The lowest BCUT2D eigenvalue weighted by Gasteiger charge is -2.22. The molecule has 2 amide bonds. The highest BCUT2D eigenvalue weighted by molar-refractivity contribution is 7.99. The summed E-state index contributed by atoms with van der Waals surface area (Å²) < 4.78 is 37.6. The van der Waals surface area contributed by atoms with E-state index in [1.807, 2.05) is 0 Å². The molecular weight excluding hydrogens is 375 g/mol. The van der Waals surface area contributed by atoms with E-state index in [1.165, 1.54) is 16.7 Å². The molecule has 1 saturated carbocycles. The molecule has 0 aromatic carbocycles. The molecule has 1 saturated heterocycles. The van der Waals surface area contributed by atoms with Crippen molar-refractivity contribution in [1.29, 1.82) is 0 Å². The van der Waals surface area contributed by atoms with Crippen LogP contribution in [0.15, 0.2) is 0 Å². The van der Waals surface area contributed by atoms with Crippen LogP contribution in [0, 0.1) is 12.8 Å². The molecule has 2 aliphatic rings. The van der Waals surface area contributed by atoms with Crippen molar-refractivity contribution in [2.24, 2.45) is 5.92 Å². The highest BCUT2D eigenvalue weighted by Gasteiger charge is 2.38. The number of thiazole rings is 1. The molecule has 0 spiro atoms. The molecule has 1 N–H and O–H groups in total. The van der Waals surface area contributed by atoms with Crippen LogP contribution in [0.25, 0.3) is 0 Å². The van der Waals surface area contributed by atoms with Crippen LogP contribution in [0.4, 0.5) is 13.2 Å². The van der Waals surface area contributed by atoms with Crippen LogP contribution in [0.3, 0.4) is 0 Å². The number of nitrogens with one attached hydrogen (secondary N) is 1. The molecule has 0 bridgehead atoms. The minimum Gasteiger partial charge on any atom is -0.354 e. The molecule has 1 unspecified atom stereocenters. The number of alkyl halides is 3. The van der Waals surface area contributed by atoms with Crippen molar-refractivity contribution in [1.82, 2.24) is 15.2 Å². The summed E-state index contributed by atoms with van der Waals surface area (Å²) in [6, 6.07) is -0.594. The van der Waals surface area contributed by atoms with Crippen molar-refractivity contribution in [2.45, 2.75) is 38.4 Å². The summed E-state index contributed by atoms with van der Waals surface area (Å²) in [4.78, 5) is 30.8. The number of rotatable bonds is 5. The minimum absolute atomic E-state index is 0.0201. The van der Waals surface area contributed by atoms with E-state index in [4.69, 9.17) is 0 Å². The number of nitrogens with zero attached hydrogens (tertiary/aromatic N) is 2. The molecule has 1 aromatic rings. The van der Waals surface area contributed by atoms with E-state index in [0.717, 1.165) is 24.2 Å². The lowest BCUT2D eigenvalue weighted by molar-refractivity contribution is -0.127. The Morgan fingerprint density at radius 3 is 2.72 bits per heavy atom. The molecule has 1 aromatic heterocycles. The van der Waals surface area contributed by atoms with Crippen LogP contribution in [-0.2, 0) is 11.2 Å². The van der Waals surface area contributed by atoms with Crippen LogP contribution >= 0.6 is 23.1 Å². The van der Waals surface area contributed by atoms with Crippen molar-refractivity contribution < 1.29 is 22.8 Å². The number of carbonyl (C=O) groups excluding carboxylic acids is 2. The number of carbonyl (C=O) groups is 2. The monoisotopic (exact) mass is 393 g/mol. The molecule has 1 aliphatic carbocycles. The molecule has 2 fully saturated rings. The quantitative estimate of drug-likeness (QED) is 0.835. The van der Waals surface area contributed by atoms with Crippen LogP contribution in [0.2, 0.25) is 0 Å². The number of aryl methyl sites for hydroxylation is 1. The average molecular weight is 393 g/mol. The number of hydrogen-bond acceptors (Lipinski definition) is 5. The zero-order chi connectivity index (χ0) is 18.2. The van der Waals surface area contributed by atoms with Crippen molar-refractivity contribution >= 4 is 34.9 Å². The number of amides is 2. The van der Waals surface area contributed by atoms with Gasteiger partial charge in [-0.15, -0.1) is 23.1 Å². The van der Waals surface area contributed by atoms with E-state index in [-0.39, 0.29) is 16.6 Å². The van der Waals surface area contributed by atoms with Gasteiger partial charge in [-0.3, -0.25) is 9.59 Å². The fraction of sp³-hybridized carbons (Fsp3) is 0.667. The molecule has 25 heavy (non-hydrogen) atoms. The first kappa shape index (κ1) is 18.5. The largest absolute Gasteiger partial charge is 0.395 e. The van der Waals surface area contributed by atoms with Gasteiger partial charge in [0.05, 0.1) is 12.3 Å². The predicted octanol–water partition coefficient (Wildman–Crippen LogP) is 2.60. The molecule has 1 aliphatic heterocycles. The van der Waals surface area contributed by atoms with Gasteiger partial charge in [0.25, 0.3) is 5.91 Å². The summed E-state index contributed by atoms with van der Waals surface area (Å²) in [6.07, 6.45) is -3.28. The first-order chi connectivity index (χ1) is 11.7. The van der Waals surface area contributed by atoms with E-state index in [9.17, 15) is 22.8 Å².